The number of pyridine rings is 1. The van der Waals surface area contributed by atoms with E-state index in [1.54, 1.807) is 12.4 Å². The number of hydrogen-bond donors (Lipinski definition) is 0. The molecule has 4 rings (SSSR count). The number of aromatic nitrogens is 3. The standard InChI is InChI=1S/C21H22N4O2/c1-14-5-7-16(8-6-14)10-19(26)25-12-15(2)18(13-25)21-23-20(24-27-21)17-4-3-9-22-11-17/h3-9,11,15,18H,10,12-13H2,1-2H3. The van der Waals surface area contributed by atoms with Gasteiger partial charge in [-0.05, 0) is 30.5 Å². The highest BCUT2D eigenvalue weighted by Gasteiger charge is 2.36. The number of benzene rings is 1. The summed E-state index contributed by atoms with van der Waals surface area (Å²) in [7, 11) is 0. The van der Waals surface area contributed by atoms with E-state index in [0.29, 0.717) is 31.2 Å². The molecule has 3 heterocycles. The Morgan fingerprint density at radius 3 is 2.78 bits per heavy atom. The van der Waals surface area contributed by atoms with Crippen LogP contribution in [0.1, 0.15) is 29.9 Å². The van der Waals surface area contributed by atoms with Gasteiger partial charge in [0.2, 0.25) is 17.6 Å². The molecule has 138 valence electrons. The Hall–Kier alpha value is -3.02. The van der Waals surface area contributed by atoms with E-state index in [1.165, 1.54) is 5.56 Å². The fraction of sp³-hybridized carbons (Fsp3) is 0.333. The predicted octanol–water partition coefficient (Wildman–Crippen LogP) is 3.24. The highest BCUT2D eigenvalue weighted by Crippen LogP contribution is 2.32. The van der Waals surface area contributed by atoms with Crippen LogP contribution in [0.5, 0.6) is 0 Å². The molecule has 27 heavy (non-hydrogen) atoms. The summed E-state index contributed by atoms with van der Waals surface area (Å²) in [5.41, 5.74) is 3.06. The van der Waals surface area contributed by atoms with Crippen molar-refractivity contribution in [2.45, 2.75) is 26.2 Å². The number of nitrogens with zero attached hydrogens (tertiary/aromatic N) is 4. The fourth-order valence-electron chi connectivity index (χ4n) is 3.48. The van der Waals surface area contributed by atoms with Crippen molar-refractivity contribution < 1.29 is 9.32 Å². The molecule has 1 aromatic carbocycles. The molecule has 1 aliphatic rings. The molecule has 2 unspecified atom stereocenters. The maximum Gasteiger partial charge on any atom is 0.232 e. The van der Waals surface area contributed by atoms with Crippen LogP contribution in [0.15, 0.2) is 53.3 Å². The Balaban J connectivity index is 1.44. The third kappa shape index (κ3) is 3.74. The summed E-state index contributed by atoms with van der Waals surface area (Å²) in [6, 6.07) is 11.9. The lowest BCUT2D eigenvalue weighted by Gasteiger charge is -2.16. The van der Waals surface area contributed by atoms with Crippen molar-refractivity contribution in [2.24, 2.45) is 5.92 Å². The van der Waals surface area contributed by atoms with Gasteiger partial charge < -0.3 is 9.42 Å². The second-order valence-corrected chi connectivity index (χ2v) is 7.24. The average molecular weight is 362 g/mol. The number of carbonyl (C=O) groups is 1. The molecular formula is C21H22N4O2. The minimum atomic E-state index is 0.0601. The molecule has 1 amide bonds. The van der Waals surface area contributed by atoms with E-state index >= 15 is 0 Å². The SMILES string of the molecule is Cc1ccc(CC(=O)N2CC(C)C(c3nc(-c4cccnc4)no3)C2)cc1. The maximum atomic E-state index is 12.7. The predicted molar refractivity (Wildman–Crippen MR) is 101 cm³/mol. The molecule has 2 atom stereocenters. The molecule has 1 fully saturated rings. The lowest BCUT2D eigenvalue weighted by molar-refractivity contribution is -0.129. The van der Waals surface area contributed by atoms with Gasteiger partial charge >= 0.3 is 0 Å². The van der Waals surface area contributed by atoms with E-state index in [9.17, 15) is 4.79 Å². The Labute approximate surface area is 158 Å². The first kappa shape index (κ1) is 17.4. The monoisotopic (exact) mass is 362 g/mol. The van der Waals surface area contributed by atoms with Crippen LogP contribution in [0, 0.1) is 12.8 Å². The summed E-state index contributed by atoms with van der Waals surface area (Å²) in [5.74, 6) is 1.60. The van der Waals surface area contributed by atoms with Crippen molar-refractivity contribution in [3.05, 3.63) is 65.8 Å². The first-order chi connectivity index (χ1) is 13.1. The summed E-state index contributed by atoms with van der Waals surface area (Å²) in [6.45, 7) is 5.49. The molecule has 6 heteroatoms. The van der Waals surface area contributed by atoms with Crippen LogP contribution in [0.3, 0.4) is 0 Å². The van der Waals surface area contributed by atoms with Crippen molar-refractivity contribution in [3.63, 3.8) is 0 Å². The largest absolute Gasteiger partial charge is 0.341 e. The van der Waals surface area contributed by atoms with E-state index in [-0.39, 0.29) is 17.7 Å². The number of amides is 1. The van der Waals surface area contributed by atoms with Gasteiger partial charge in [-0.3, -0.25) is 9.78 Å². The first-order valence-corrected chi connectivity index (χ1v) is 9.17. The molecule has 0 bridgehead atoms. The topological polar surface area (TPSA) is 72.1 Å². The summed E-state index contributed by atoms with van der Waals surface area (Å²) in [6.07, 6.45) is 3.84. The highest BCUT2D eigenvalue weighted by atomic mass is 16.5. The highest BCUT2D eigenvalue weighted by molar-refractivity contribution is 5.79. The first-order valence-electron chi connectivity index (χ1n) is 9.17. The van der Waals surface area contributed by atoms with E-state index in [0.717, 1.165) is 11.1 Å². The normalized spacial score (nSPS) is 19.4. The molecule has 0 spiro atoms. The second-order valence-electron chi connectivity index (χ2n) is 7.24. The molecule has 2 aromatic heterocycles. The van der Waals surface area contributed by atoms with Gasteiger partial charge in [0, 0.05) is 31.0 Å². The van der Waals surface area contributed by atoms with Crippen molar-refractivity contribution in [2.75, 3.05) is 13.1 Å². The third-order valence-corrected chi connectivity index (χ3v) is 5.12. The molecule has 0 saturated carbocycles. The lowest BCUT2D eigenvalue weighted by atomic mass is 9.98. The molecule has 6 nitrogen and oxygen atoms in total. The van der Waals surface area contributed by atoms with E-state index in [1.807, 2.05) is 48.2 Å². The van der Waals surface area contributed by atoms with Crippen molar-refractivity contribution in [3.8, 4) is 11.4 Å². The second kappa shape index (κ2) is 7.31. The minimum absolute atomic E-state index is 0.0601. The Kier molecular flexibility index (Phi) is 4.71. The molecule has 0 N–H and O–H groups in total. The molecule has 1 aliphatic heterocycles. The summed E-state index contributed by atoms with van der Waals surface area (Å²) in [4.78, 5) is 23.2. The van der Waals surface area contributed by atoms with E-state index in [4.69, 9.17) is 4.52 Å². The number of carbonyl (C=O) groups excluding carboxylic acids is 1. The summed E-state index contributed by atoms with van der Waals surface area (Å²) in [5, 5.41) is 4.08. The average Bonchev–Trinajstić information content (AvgIpc) is 3.31. The van der Waals surface area contributed by atoms with Gasteiger partial charge in [-0.25, -0.2) is 0 Å². The van der Waals surface area contributed by atoms with Gasteiger partial charge in [0.1, 0.15) is 0 Å². The maximum absolute atomic E-state index is 12.7. The van der Waals surface area contributed by atoms with Gasteiger partial charge in [0.15, 0.2) is 0 Å². The lowest BCUT2D eigenvalue weighted by Crippen LogP contribution is -2.30. The number of rotatable bonds is 4. The van der Waals surface area contributed by atoms with Crippen LogP contribution in [-0.4, -0.2) is 39.0 Å². The van der Waals surface area contributed by atoms with E-state index in [2.05, 4.69) is 22.0 Å². The summed E-state index contributed by atoms with van der Waals surface area (Å²) < 4.78 is 5.51. The Morgan fingerprint density at radius 2 is 2.04 bits per heavy atom. The summed E-state index contributed by atoms with van der Waals surface area (Å²) >= 11 is 0. The zero-order chi connectivity index (χ0) is 18.8. The number of hydrogen-bond acceptors (Lipinski definition) is 5. The van der Waals surface area contributed by atoms with Crippen LogP contribution in [0.25, 0.3) is 11.4 Å². The van der Waals surface area contributed by atoms with Gasteiger partial charge in [0.05, 0.1) is 12.3 Å². The Bertz CT molecular complexity index is 921. The van der Waals surface area contributed by atoms with Crippen molar-refractivity contribution >= 4 is 5.91 Å². The zero-order valence-electron chi connectivity index (χ0n) is 15.5. The van der Waals surface area contributed by atoms with Crippen LogP contribution in [0.2, 0.25) is 0 Å². The fourth-order valence-corrected chi connectivity index (χ4v) is 3.48. The Morgan fingerprint density at radius 1 is 1.22 bits per heavy atom. The van der Waals surface area contributed by atoms with Crippen molar-refractivity contribution in [1.82, 2.24) is 20.0 Å². The molecule has 0 aliphatic carbocycles. The van der Waals surface area contributed by atoms with Crippen LogP contribution in [-0.2, 0) is 11.2 Å². The minimum Gasteiger partial charge on any atom is -0.341 e. The van der Waals surface area contributed by atoms with Crippen LogP contribution < -0.4 is 0 Å². The van der Waals surface area contributed by atoms with Gasteiger partial charge in [0.25, 0.3) is 0 Å². The van der Waals surface area contributed by atoms with Crippen LogP contribution >= 0.6 is 0 Å². The number of aryl methyl sites for hydroxylation is 1. The molecule has 0 radical (unpaired) electrons. The van der Waals surface area contributed by atoms with Gasteiger partial charge in [-0.2, -0.15) is 4.98 Å². The molecule has 3 aromatic rings. The van der Waals surface area contributed by atoms with E-state index < -0.39 is 0 Å². The smallest absolute Gasteiger partial charge is 0.232 e. The van der Waals surface area contributed by atoms with Crippen molar-refractivity contribution in [1.29, 1.82) is 0 Å². The third-order valence-electron chi connectivity index (χ3n) is 5.12. The van der Waals surface area contributed by atoms with Gasteiger partial charge in [-0.1, -0.05) is 41.9 Å². The molecule has 1 saturated heterocycles. The van der Waals surface area contributed by atoms with Crippen LogP contribution in [0.4, 0.5) is 0 Å². The van der Waals surface area contributed by atoms with Gasteiger partial charge in [-0.15, -0.1) is 0 Å². The number of likely N-dealkylation sites (tertiary alicyclic amines) is 1. The molecular weight excluding hydrogens is 340 g/mol. The quantitative estimate of drug-likeness (QED) is 0.712. The zero-order valence-corrected chi connectivity index (χ0v) is 15.5.